The van der Waals surface area contributed by atoms with Crippen LogP contribution in [0.3, 0.4) is 0 Å². The zero-order valence-electron chi connectivity index (χ0n) is 9.34. The molecule has 2 aromatic rings. The van der Waals surface area contributed by atoms with E-state index < -0.39 is 0 Å². The standard InChI is InChI=1S/C13H11N3O/c1-16-6-5-11(9-16)13(17)15-12-4-2-3-10(7-12)8-14/h2-7,9H,1H3,(H,15,17). The van der Waals surface area contributed by atoms with Gasteiger partial charge in [-0.25, -0.2) is 0 Å². The third-order valence-electron chi connectivity index (χ3n) is 2.34. The van der Waals surface area contributed by atoms with Crippen molar-refractivity contribution in [3.63, 3.8) is 0 Å². The minimum absolute atomic E-state index is 0.180. The van der Waals surface area contributed by atoms with Crippen LogP contribution >= 0.6 is 0 Å². The molecule has 1 amide bonds. The number of nitrogens with one attached hydrogen (secondary N) is 1. The number of amides is 1. The Morgan fingerprint density at radius 2 is 2.24 bits per heavy atom. The maximum Gasteiger partial charge on any atom is 0.257 e. The van der Waals surface area contributed by atoms with E-state index in [1.165, 1.54) is 0 Å². The quantitative estimate of drug-likeness (QED) is 0.851. The number of carbonyl (C=O) groups excluding carboxylic acids is 1. The fraction of sp³-hybridized carbons (Fsp3) is 0.0769. The first kappa shape index (κ1) is 11.0. The molecule has 0 saturated carbocycles. The van der Waals surface area contributed by atoms with Gasteiger partial charge in [-0.15, -0.1) is 0 Å². The maximum atomic E-state index is 11.8. The summed E-state index contributed by atoms with van der Waals surface area (Å²) < 4.78 is 1.81. The molecule has 4 nitrogen and oxygen atoms in total. The lowest BCUT2D eigenvalue weighted by molar-refractivity contribution is 0.102. The Morgan fingerprint density at radius 3 is 2.88 bits per heavy atom. The van der Waals surface area contributed by atoms with Crippen LogP contribution in [0.4, 0.5) is 5.69 Å². The molecule has 1 heterocycles. The summed E-state index contributed by atoms with van der Waals surface area (Å²) in [6, 6.07) is 10.6. The number of carbonyl (C=O) groups is 1. The number of aromatic nitrogens is 1. The number of aryl methyl sites for hydroxylation is 1. The van der Waals surface area contributed by atoms with Gasteiger partial charge in [0.1, 0.15) is 0 Å². The highest BCUT2D eigenvalue weighted by Gasteiger charge is 2.07. The van der Waals surface area contributed by atoms with E-state index in [-0.39, 0.29) is 5.91 Å². The highest BCUT2D eigenvalue weighted by Crippen LogP contribution is 2.11. The molecule has 0 aliphatic heterocycles. The van der Waals surface area contributed by atoms with Gasteiger partial charge in [0, 0.05) is 25.1 Å². The van der Waals surface area contributed by atoms with Crippen LogP contribution in [0.15, 0.2) is 42.7 Å². The Hall–Kier alpha value is -2.54. The number of benzene rings is 1. The van der Waals surface area contributed by atoms with Gasteiger partial charge in [-0.05, 0) is 24.3 Å². The lowest BCUT2D eigenvalue weighted by atomic mass is 10.2. The van der Waals surface area contributed by atoms with E-state index >= 15 is 0 Å². The topological polar surface area (TPSA) is 57.8 Å². The molecule has 2 rings (SSSR count). The van der Waals surface area contributed by atoms with Crippen molar-refractivity contribution in [2.24, 2.45) is 7.05 Å². The molecule has 0 unspecified atom stereocenters. The molecule has 1 aromatic carbocycles. The number of hydrogen-bond donors (Lipinski definition) is 1. The molecule has 0 saturated heterocycles. The van der Waals surface area contributed by atoms with E-state index in [1.807, 2.05) is 13.1 Å². The van der Waals surface area contributed by atoms with Crippen molar-refractivity contribution in [1.82, 2.24) is 4.57 Å². The van der Waals surface area contributed by atoms with Gasteiger partial charge in [0.2, 0.25) is 0 Å². The van der Waals surface area contributed by atoms with E-state index in [4.69, 9.17) is 5.26 Å². The van der Waals surface area contributed by atoms with Gasteiger partial charge in [-0.3, -0.25) is 4.79 Å². The van der Waals surface area contributed by atoms with Gasteiger partial charge in [0.05, 0.1) is 17.2 Å². The molecule has 0 bridgehead atoms. The average Bonchev–Trinajstić information content (AvgIpc) is 2.76. The molecule has 1 aromatic heterocycles. The molecular weight excluding hydrogens is 214 g/mol. The summed E-state index contributed by atoms with van der Waals surface area (Å²) in [6.45, 7) is 0. The van der Waals surface area contributed by atoms with Crippen molar-refractivity contribution in [3.8, 4) is 6.07 Å². The Balaban J connectivity index is 2.16. The molecular formula is C13H11N3O. The van der Waals surface area contributed by atoms with Crippen LogP contribution in [0.2, 0.25) is 0 Å². The number of nitriles is 1. The van der Waals surface area contributed by atoms with Crippen molar-refractivity contribution in [2.75, 3.05) is 5.32 Å². The molecule has 4 heteroatoms. The summed E-state index contributed by atoms with van der Waals surface area (Å²) in [6.07, 6.45) is 3.55. The highest BCUT2D eigenvalue weighted by atomic mass is 16.1. The summed E-state index contributed by atoms with van der Waals surface area (Å²) in [5.74, 6) is -0.180. The molecule has 0 spiro atoms. The Labute approximate surface area is 99.1 Å². The second-order valence-electron chi connectivity index (χ2n) is 3.71. The number of hydrogen-bond acceptors (Lipinski definition) is 2. The molecule has 0 aliphatic carbocycles. The molecule has 17 heavy (non-hydrogen) atoms. The number of rotatable bonds is 2. The molecule has 0 aliphatic rings. The first-order valence-electron chi connectivity index (χ1n) is 5.12. The van der Waals surface area contributed by atoms with Crippen LogP contribution in [0.25, 0.3) is 0 Å². The zero-order valence-corrected chi connectivity index (χ0v) is 9.34. The third kappa shape index (κ3) is 2.52. The predicted molar refractivity (Wildman–Crippen MR) is 64.5 cm³/mol. The van der Waals surface area contributed by atoms with E-state index in [0.717, 1.165) is 0 Å². The summed E-state index contributed by atoms with van der Waals surface area (Å²) in [4.78, 5) is 11.8. The Bertz CT molecular complexity index is 593. The van der Waals surface area contributed by atoms with Gasteiger partial charge in [-0.2, -0.15) is 5.26 Å². The Kier molecular flexibility index (Phi) is 2.93. The van der Waals surface area contributed by atoms with Crippen molar-refractivity contribution < 1.29 is 4.79 Å². The second-order valence-corrected chi connectivity index (χ2v) is 3.71. The second kappa shape index (κ2) is 4.54. The lowest BCUT2D eigenvalue weighted by Gasteiger charge is -2.03. The monoisotopic (exact) mass is 225 g/mol. The van der Waals surface area contributed by atoms with Crippen LogP contribution in [0.1, 0.15) is 15.9 Å². The largest absolute Gasteiger partial charge is 0.356 e. The molecule has 0 atom stereocenters. The van der Waals surface area contributed by atoms with E-state index in [0.29, 0.717) is 16.8 Å². The van der Waals surface area contributed by atoms with E-state index in [1.54, 1.807) is 47.3 Å². The first-order valence-corrected chi connectivity index (χ1v) is 5.12. The van der Waals surface area contributed by atoms with Crippen LogP contribution in [0, 0.1) is 11.3 Å². The van der Waals surface area contributed by atoms with E-state index in [2.05, 4.69) is 5.32 Å². The Morgan fingerprint density at radius 1 is 1.41 bits per heavy atom. The molecule has 0 radical (unpaired) electrons. The fourth-order valence-corrected chi connectivity index (χ4v) is 1.51. The minimum Gasteiger partial charge on any atom is -0.356 e. The van der Waals surface area contributed by atoms with Crippen LogP contribution in [-0.4, -0.2) is 10.5 Å². The molecule has 0 fully saturated rings. The van der Waals surface area contributed by atoms with Crippen LogP contribution < -0.4 is 5.32 Å². The average molecular weight is 225 g/mol. The van der Waals surface area contributed by atoms with Gasteiger partial charge in [0.15, 0.2) is 0 Å². The fourth-order valence-electron chi connectivity index (χ4n) is 1.51. The highest BCUT2D eigenvalue weighted by molar-refractivity contribution is 6.04. The first-order chi connectivity index (χ1) is 8.19. The van der Waals surface area contributed by atoms with Crippen LogP contribution in [-0.2, 0) is 7.05 Å². The predicted octanol–water partition coefficient (Wildman–Crippen LogP) is 2.15. The third-order valence-corrected chi connectivity index (χ3v) is 2.34. The maximum absolute atomic E-state index is 11.8. The SMILES string of the molecule is Cn1ccc(C(=O)Nc2cccc(C#N)c2)c1. The zero-order chi connectivity index (χ0) is 12.3. The number of nitrogens with zero attached hydrogens (tertiary/aromatic N) is 2. The summed E-state index contributed by atoms with van der Waals surface area (Å²) in [5, 5.41) is 11.5. The molecule has 1 N–H and O–H groups in total. The molecule has 84 valence electrons. The van der Waals surface area contributed by atoms with Crippen molar-refractivity contribution in [3.05, 3.63) is 53.9 Å². The van der Waals surface area contributed by atoms with Gasteiger partial charge in [0.25, 0.3) is 5.91 Å². The van der Waals surface area contributed by atoms with Crippen LogP contribution in [0.5, 0.6) is 0 Å². The minimum atomic E-state index is -0.180. The number of anilines is 1. The van der Waals surface area contributed by atoms with Crippen molar-refractivity contribution >= 4 is 11.6 Å². The van der Waals surface area contributed by atoms with Gasteiger partial charge < -0.3 is 9.88 Å². The summed E-state index contributed by atoms with van der Waals surface area (Å²) >= 11 is 0. The lowest BCUT2D eigenvalue weighted by Crippen LogP contribution is -2.11. The normalized spacial score (nSPS) is 9.65. The summed E-state index contributed by atoms with van der Waals surface area (Å²) in [5.41, 5.74) is 1.74. The van der Waals surface area contributed by atoms with Crippen molar-refractivity contribution in [1.29, 1.82) is 5.26 Å². The smallest absolute Gasteiger partial charge is 0.257 e. The van der Waals surface area contributed by atoms with Crippen molar-refractivity contribution in [2.45, 2.75) is 0 Å². The van der Waals surface area contributed by atoms with Gasteiger partial charge >= 0.3 is 0 Å². The van der Waals surface area contributed by atoms with E-state index in [9.17, 15) is 4.79 Å². The summed E-state index contributed by atoms with van der Waals surface area (Å²) in [7, 11) is 1.85. The van der Waals surface area contributed by atoms with Gasteiger partial charge in [-0.1, -0.05) is 6.07 Å².